The number of halogens is 3. The molecule has 0 spiro atoms. The van der Waals surface area contributed by atoms with Gasteiger partial charge in [0.1, 0.15) is 6.04 Å². The first kappa shape index (κ1) is 20.4. The molecule has 0 saturated carbocycles. The summed E-state index contributed by atoms with van der Waals surface area (Å²) in [6, 6.07) is 4.39. The lowest BCUT2D eigenvalue weighted by Gasteiger charge is -2.35. The van der Waals surface area contributed by atoms with Crippen LogP contribution in [-0.4, -0.2) is 54.9 Å². The molecule has 8 nitrogen and oxygen atoms in total. The van der Waals surface area contributed by atoms with Crippen LogP contribution in [-0.2, 0) is 10.9 Å². The summed E-state index contributed by atoms with van der Waals surface area (Å²) in [5, 5.41) is 14.5. The second kappa shape index (κ2) is 7.59. The van der Waals surface area contributed by atoms with Crippen molar-refractivity contribution in [2.45, 2.75) is 31.1 Å². The minimum Gasteiger partial charge on any atom is -0.504 e. The number of carbonyl (C=O) groups excluding carboxylic acids is 1. The standard InChI is InChI=1S/C21H18F3N5O3/c22-21(23,24)12-3-4-15(26-10-12)18-14-11-28(19-16(30)2-1-7-25-19)27-17(14)20(31)29(18)13-5-8-32-9-6-13/h1-4,7,10-11,13,18,30H,5-6,8-9H2. The number of amides is 1. The van der Waals surface area contributed by atoms with Crippen LogP contribution in [0.2, 0.25) is 0 Å². The van der Waals surface area contributed by atoms with Crippen LogP contribution in [0.1, 0.15) is 46.2 Å². The van der Waals surface area contributed by atoms with Gasteiger partial charge in [-0.05, 0) is 37.1 Å². The molecule has 1 atom stereocenters. The lowest BCUT2D eigenvalue weighted by Crippen LogP contribution is -2.42. The Morgan fingerprint density at radius 1 is 1.12 bits per heavy atom. The minimum absolute atomic E-state index is 0.119. The first-order valence-electron chi connectivity index (χ1n) is 10.0. The Bertz CT molecular complexity index is 1160. The van der Waals surface area contributed by atoms with Crippen LogP contribution in [0, 0.1) is 0 Å². The van der Waals surface area contributed by atoms with Crippen molar-refractivity contribution in [3.8, 4) is 11.6 Å². The van der Waals surface area contributed by atoms with E-state index in [0.29, 0.717) is 37.3 Å². The predicted octanol–water partition coefficient (Wildman–Crippen LogP) is 3.11. The summed E-state index contributed by atoms with van der Waals surface area (Å²) in [7, 11) is 0. The van der Waals surface area contributed by atoms with E-state index in [1.54, 1.807) is 17.2 Å². The zero-order valence-corrected chi connectivity index (χ0v) is 16.7. The Kier molecular flexibility index (Phi) is 4.85. The van der Waals surface area contributed by atoms with E-state index in [9.17, 15) is 23.1 Å². The van der Waals surface area contributed by atoms with Crippen LogP contribution in [0.15, 0.2) is 42.9 Å². The molecule has 2 aliphatic rings. The van der Waals surface area contributed by atoms with Crippen LogP contribution < -0.4 is 0 Å². The average Bonchev–Trinajstić information content (AvgIpc) is 3.32. The molecular weight excluding hydrogens is 427 g/mol. The van der Waals surface area contributed by atoms with Crippen molar-refractivity contribution in [3.05, 3.63) is 65.4 Å². The lowest BCUT2D eigenvalue weighted by atomic mass is 10.0. The number of alkyl halides is 3. The Morgan fingerprint density at radius 2 is 1.91 bits per heavy atom. The van der Waals surface area contributed by atoms with Crippen molar-refractivity contribution < 1.29 is 27.8 Å². The molecule has 1 amide bonds. The molecule has 32 heavy (non-hydrogen) atoms. The Balaban J connectivity index is 1.59. The largest absolute Gasteiger partial charge is 0.504 e. The van der Waals surface area contributed by atoms with Gasteiger partial charge in [0.05, 0.1) is 11.3 Å². The smallest absolute Gasteiger partial charge is 0.417 e. The number of hydrogen-bond acceptors (Lipinski definition) is 6. The van der Waals surface area contributed by atoms with Crippen molar-refractivity contribution in [3.63, 3.8) is 0 Å². The van der Waals surface area contributed by atoms with E-state index in [1.165, 1.54) is 23.0 Å². The van der Waals surface area contributed by atoms with Gasteiger partial charge in [-0.3, -0.25) is 9.78 Å². The van der Waals surface area contributed by atoms with Crippen molar-refractivity contribution in [2.24, 2.45) is 0 Å². The van der Waals surface area contributed by atoms with Crippen LogP contribution in [0.3, 0.4) is 0 Å². The molecule has 1 saturated heterocycles. The minimum atomic E-state index is -4.51. The van der Waals surface area contributed by atoms with E-state index in [1.807, 2.05) is 0 Å². The summed E-state index contributed by atoms with van der Waals surface area (Å²) in [4.78, 5) is 23.1. The van der Waals surface area contributed by atoms with Gasteiger partial charge in [-0.2, -0.15) is 18.3 Å². The molecule has 11 heteroatoms. The zero-order valence-electron chi connectivity index (χ0n) is 16.7. The molecule has 0 aromatic carbocycles. The Labute approximate surface area is 180 Å². The maximum Gasteiger partial charge on any atom is 0.417 e. The van der Waals surface area contributed by atoms with E-state index in [2.05, 4.69) is 15.1 Å². The predicted molar refractivity (Wildman–Crippen MR) is 104 cm³/mol. The molecular formula is C21H18F3N5O3. The highest BCUT2D eigenvalue weighted by molar-refractivity contribution is 5.98. The number of ether oxygens (including phenoxy) is 1. The van der Waals surface area contributed by atoms with Crippen molar-refractivity contribution in [2.75, 3.05) is 13.2 Å². The summed E-state index contributed by atoms with van der Waals surface area (Å²) in [5.74, 6) is -0.314. The molecule has 5 rings (SSSR count). The fourth-order valence-corrected chi connectivity index (χ4v) is 4.19. The van der Waals surface area contributed by atoms with Crippen molar-refractivity contribution >= 4 is 5.91 Å². The molecule has 0 bridgehead atoms. The topological polar surface area (TPSA) is 93.4 Å². The molecule has 3 aromatic rings. The van der Waals surface area contributed by atoms with Gasteiger partial charge in [-0.1, -0.05) is 0 Å². The van der Waals surface area contributed by atoms with Gasteiger partial charge in [0.15, 0.2) is 17.3 Å². The van der Waals surface area contributed by atoms with Gasteiger partial charge in [0, 0.05) is 43.4 Å². The second-order valence-electron chi connectivity index (χ2n) is 7.65. The van der Waals surface area contributed by atoms with E-state index in [-0.39, 0.29) is 29.2 Å². The number of carbonyl (C=O) groups is 1. The highest BCUT2D eigenvalue weighted by Crippen LogP contribution is 2.41. The Morgan fingerprint density at radius 3 is 2.56 bits per heavy atom. The molecule has 1 N–H and O–H groups in total. The molecule has 3 aromatic heterocycles. The fourth-order valence-electron chi connectivity index (χ4n) is 4.19. The van der Waals surface area contributed by atoms with Gasteiger partial charge in [0.25, 0.3) is 5.91 Å². The van der Waals surface area contributed by atoms with Crippen molar-refractivity contribution in [1.29, 1.82) is 0 Å². The first-order chi connectivity index (χ1) is 15.3. The first-order valence-corrected chi connectivity index (χ1v) is 10.0. The fraction of sp³-hybridized carbons (Fsp3) is 0.333. The van der Waals surface area contributed by atoms with E-state index >= 15 is 0 Å². The van der Waals surface area contributed by atoms with Crippen LogP contribution in [0.25, 0.3) is 5.82 Å². The highest BCUT2D eigenvalue weighted by atomic mass is 19.4. The van der Waals surface area contributed by atoms with Crippen LogP contribution in [0.4, 0.5) is 13.2 Å². The Hall–Kier alpha value is -3.47. The van der Waals surface area contributed by atoms with Crippen molar-refractivity contribution in [1.82, 2.24) is 24.6 Å². The number of rotatable bonds is 3. The number of aromatic nitrogens is 4. The molecule has 1 unspecified atom stereocenters. The zero-order chi connectivity index (χ0) is 22.5. The quantitative estimate of drug-likeness (QED) is 0.666. The lowest BCUT2D eigenvalue weighted by molar-refractivity contribution is -0.137. The summed E-state index contributed by atoms with van der Waals surface area (Å²) < 4.78 is 45.8. The monoisotopic (exact) mass is 445 g/mol. The number of hydrogen-bond donors (Lipinski definition) is 1. The van der Waals surface area contributed by atoms with Gasteiger partial charge in [0.2, 0.25) is 0 Å². The normalized spacial score (nSPS) is 19.4. The molecule has 166 valence electrons. The van der Waals surface area contributed by atoms with Gasteiger partial charge >= 0.3 is 6.18 Å². The third kappa shape index (κ3) is 3.38. The van der Waals surface area contributed by atoms with E-state index in [0.717, 1.165) is 12.3 Å². The summed E-state index contributed by atoms with van der Waals surface area (Å²) >= 11 is 0. The number of fused-ring (bicyclic) bond motifs is 1. The second-order valence-corrected chi connectivity index (χ2v) is 7.65. The number of aromatic hydroxyl groups is 1. The third-order valence-corrected chi connectivity index (χ3v) is 5.71. The van der Waals surface area contributed by atoms with E-state index < -0.39 is 17.8 Å². The maximum atomic E-state index is 13.4. The third-order valence-electron chi connectivity index (χ3n) is 5.71. The van der Waals surface area contributed by atoms with Crippen LogP contribution >= 0.6 is 0 Å². The molecule has 1 fully saturated rings. The number of pyridine rings is 2. The molecule has 0 aliphatic carbocycles. The summed E-state index contributed by atoms with van der Waals surface area (Å²) in [6.45, 7) is 0.974. The molecule has 2 aliphatic heterocycles. The molecule has 5 heterocycles. The van der Waals surface area contributed by atoms with Crippen LogP contribution in [0.5, 0.6) is 5.75 Å². The van der Waals surface area contributed by atoms with E-state index in [4.69, 9.17) is 4.74 Å². The highest BCUT2D eigenvalue weighted by Gasteiger charge is 2.45. The number of nitrogens with zero attached hydrogens (tertiary/aromatic N) is 5. The summed E-state index contributed by atoms with van der Waals surface area (Å²) in [6.07, 6.45) is 0.521. The summed E-state index contributed by atoms with van der Waals surface area (Å²) in [5.41, 5.74) is 0.103. The van der Waals surface area contributed by atoms with Gasteiger partial charge in [-0.15, -0.1) is 0 Å². The van der Waals surface area contributed by atoms with Gasteiger partial charge < -0.3 is 14.7 Å². The SMILES string of the molecule is O=C1c2nn(-c3ncccc3O)cc2C(c2ccc(C(F)(F)F)cn2)N1C1CCOCC1. The molecule has 0 radical (unpaired) electrons. The maximum absolute atomic E-state index is 13.4. The van der Waals surface area contributed by atoms with Gasteiger partial charge in [-0.25, -0.2) is 9.67 Å². The average molecular weight is 445 g/mol.